The molecule has 2 heteroatoms. The molecule has 0 atom stereocenters. The van der Waals surface area contributed by atoms with Gasteiger partial charge in [-0.2, -0.15) is 0 Å². The molecule has 78 valence electrons. The Morgan fingerprint density at radius 2 is 1.93 bits per heavy atom. The van der Waals surface area contributed by atoms with Gasteiger partial charge in [-0.15, -0.1) is 0 Å². The normalized spacial score (nSPS) is 11.4. The molecular formula is C12H19NO. The van der Waals surface area contributed by atoms with Crippen molar-refractivity contribution in [2.24, 2.45) is 5.73 Å². The first-order chi connectivity index (χ1) is 6.55. The summed E-state index contributed by atoms with van der Waals surface area (Å²) < 4.78 is 5.63. The molecule has 0 saturated heterocycles. The van der Waals surface area contributed by atoms with Crippen molar-refractivity contribution in [1.29, 1.82) is 0 Å². The minimum atomic E-state index is -0.343. The average molecular weight is 193 g/mol. The van der Waals surface area contributed by atoms with E-state index in [1.807, 2.05) is 38.1 Å². The van der Waals surface area contributed by atoms with Crippen molar-refractivity contribution in [1.82, 2.24) is 0 Å². The largest absolute Gasteiger partial charge is 0.493 e. The summed E-state index contributed by atoms with van der Waals surface area (Å²) in [4.78, 5) is 0. The number of rotatable bonds is 4. The van der Waals surface area contributed by atoms with Crippen LogP contribution in [0.25, 0.3) is 0 Å². The number of para-hydroxylation sites is 1. The van der Waals surface area contributed by atoms with Crippen molar-refractivity contribution < 1.29 is 4.74 Å². The molecule has 1 rings (SSSR count). The van der Waals surface area contributed by atoms with Crippen molar-refractivity contribution in [2.75, 3.05) is 6.61 Å². The summed E-state index contributed by atoms with van der Waals surface area (Å²) in [6.45, 7) is 6.81. The molecule has 1 aromatic rings. The zero-order chi connectivity index (χ0) is 10.6. The van der Waals surface area contributed by atoms with E-state index >= 15 is 0 Å². The van der Waals surface area contributed by atoms with Gasteiger partial charge in [-0.25, -0.2) is 0 Å². The van der Waals surface area contributed by atoms with Crippen LogP contribution in [0.15, 0.2) is 24.3 Å². The highest BCUT2D eigenvalue weighted by atomic mass is 16.5. The third-order valence-corrected chi connectivity index (χ3v) is 2.04. The Morgan fingerprint density at radius 3 is 2.50 bits per heavy atom. The van der Waals surface area contributed by atoms with Gasteiger partial charge in [0, 0.05) is 11.1 Å². The Kier molecular flexibility index (Phi) is 3.53. The van der Waals surface area contributed by atoms with Crippen LogP contribution in [0.1, 0.15) is 32.8 Å². The van der Waals surface area contributed by atoms with Crippen LogP contribution in [0.2, 0.25) is 0 Å². The second kappa shape index (κ2) is 4.47. The van der Waals surface area contributed by atoms with Crippen LogP contribution in [0.5, 0.6) is 5.75 Å². The standard InChI is InChI=1S/C12H19NO/c1-4-9-14-11-8-6-5-7-10(11)12(2,3)13/h5-8H,4,9,13H2,1-3H3. The summed E-state index contributed by atoms with van der Waals surface area (Å²) in [5.74, 6) is 0.904. The van der Waals surface area contributed by atoms with Crippen molar-refractivity contribution in [3.05, 3.63) is 29.8 Å². The lowest BCUT2D eigenvalue weighted by atomic mass is 9.95. The molecule has 0 heterocycles. The summed E-state index contributed by atoms with van der Waals surface area (Å²) in [6, 6.07) is 7.95. The molecule has 0 fully saturated rings. The van der Waals surface area contributed by atoms with Gasteiger partial charge in [0.15, 0.2) is 0 Å². The van der Waals surface area contributed by atoms with Crippen molar-refractivity contribution >= 4 is 0 Å². The van der Waals surface area contributed by atoms with Crippen LogP contribution < -0.4 is 10.5 Å². The number of ether oxygens (including phenoxy) is 1. The van der Waals surface area contributed by atoms with Crippen molar-refractivity contribution in [3.8, 4) is 5.75 Å². The Hall–Kier alpha value is -1.02. The fraction of sp³-hybridized carbons (Fsp3) is 0.500. The molecule has 2 N–H and O–H groups in total. The first kappa shape index (κ1) is 11.1. The zero-order valence-corrected chi connectivity index (χ0v) is 9.21. The van der Waals surface area contributed by atoms with E-state index < -0.39 is 0 Å². The van der Waals surface area contributed by atoms with Crippen LogP contribution in [0.3, 0.4) is 0 Å². The number of hydrogen-bond acceptors (Lipinski definition) is 2. The third kappa shape index (κ3) is 2.74. The van der Waals surface area contributed by atoms with E-state index in [-0.39, 0.29) is 5.54 Å². The van der Waals surface area contributed by atoms with Gasteiger partial charge in [-0.1, -0.05) is 25.1 Å². The maximum Gasteiger partial charge on any atom is 0.124 e. The lowest BCUT2D eigenvalue weighted by Gasteiger charge is -2.22. The van der Waals surface area contributed by atoms with E-state index in [9.17, 15) is 0 Å². The number of nitrogens with two attached hydrogens (primary N) is 1. The van der Waals surface area contributed by atoms with Crippen LogP contribution in [-0.4, -0.2) is 6.61 Å². The number of hydrogen-bond donors (Lipinski definition) is 1. The van der Waals surface area contributed by atoms with Gasteiger partial charge >= 0.3 is 0 Å². The summed E-state index contributed by atoms with van der Waals surface area (Å²) in [6.07, 6.45) is 1.01. The van der Waals surface area contributed by atoms with Crippen LogP contribution in [0, 0.1) is 0 Å². The molecule has 1 aromatic carbocycles. The van der Waals surface area contributed by atoms with Crippen LogP contribution in [0.4, 0.5) is 0 Å². The molecule has 0 unspecified atom stereocenters. The Labute approximate surface area is 86.1 Å². The molecule has 0 aromatic heterocycles. The van der Waals surface area contributed by atoms with Gasteiger partial charge in [0.25, 0.3) is 0 Å². The quantitative estimate of drug-likeness (QED) is 0.798. The van der Waals surface area contributed by atoms with Crippen molar-refractivity contribution in [3.63, 3.8) is 0 Å². The smallest absolute Gasteiger partial charge is 0.124 e. The molecule has 2 nitrogen and oxygen atoms in total. The van der Waals surface area contributed by atoms with Gasteiger partial charge in [-0.05, 0) is 26.3 Å². The maximum atomic E-state index is 6.05. The Balaban J connectivity index is 2.92. The van der Waals surface area contributed by atoms with Crippen LogP contribution in [-0.2, 0) is 5.54 Å². The van der Waals surface area contributed by atoms with Gasteiger partial charge in [-0.3, -0.25) is 0 Å². The highest BCUT2D eigenvalue weighted by molar-refractivity contribution is 5.37. The van der Waals surface area contributed by atoms with E-state index in [1.54, 1.807) is 0 Å². The fourth-order valence-corrected chi connectivity index (χ4v) is 1.34. The lowest BCUT2D eigenvalue weighted by molar-refractivity contribution is 0.307. The summed E-state index contributed by atoms with van der Waals surface area (Å²) >= 11 is 0. The van der Waals surface area contributed by atoms with Gasteiger partial charge in [0.1, 0.15) is 5.75 Å². The predicted octanol–water partition coefficient (Wildman–Crippen LogP) is 2.67. The fourth-order valence-electron chi connectivity index (χ4n) is 1.34. The third-order valence-electron chi connectivity index (χ3n) is 2.04. The van der Waals surface area contributed by atoms with E-state index in [0.29, 0.717) is 0 Å². The van der Waals surface area contributed by atoms with E-state index in [4.69, 9.17) is 10.5 Å². The van der Waals surface area contributed by atoms with E-state index in [2.05, 4.69) is 6.92 Å². The van der Waals surface area contributed by atoms with Crippen molar-refractivity contribution in [2.45, 2.75) is 32.7 Å². The lowest BCUT2D eigenvalue weighted by Crippen LogP contribution is -2.29. The molecule has 0 aliphatic rings. The zero-order valence-electron chi connectivity index (χ0n) is 9.21. The SMILES string of the molecule is CCCOc1ccccc1C(C)(C)N. The highest BCUT2D eigenvalue weighted by Gasteiger charge is 2.18. The first-order valence-corrected chi connectivity index (χ1v) is 5.07. The molecule has 0 saturated carbocycles. The minimum absolute atomic E-state index is 0.343. The minimum Gasteiger partial charge on any atom is -0.493 e. The monoisotopic (exact) mass is 193 g/mol. The second-order valence-electron chi connectivity index (χ2n) is 4.07. The predicted molar refractivity (Wildman–Crippen MR) is 59.4 cm³/mol. The van der Waals surface area contributed by atoms with Gasteiger partial charge < -0.3 is 10.5 Å². The molecule has 0 amide bonds. The van der Waals surface area contributed by atoms with Gasteiger partial charge in [0.2, 0.25) is 0 Å². The Bertz CT molecular complexity index is 289. The van der Waals surface area contributed by atoms with Gasteiger partial charge in [0.05, 0.1) is 6.61 Å². The second-order valence-corrected chi connectivity index (χ2v) is 4.07. The van der Waals surface area contributed by atoms with E-state index in [0.717, 1.165) is 24.3 Å². The number of benzene rings is 1. The molecule has 0 aliphatic carbocycles. The summed E-state index contributed by atoms with van der Waals surface area (Å²) in [5.41, 5.74) is 6.77. The molecular weight excluding hydrogens is 174 g/mol. The summed E-state index contributed by atoms with van der Waals surface area (Å²) in [7, 11) is 0. The topological polar surface area (TPSA) is 35.2 Å². The summed E-state index contributed by atoms with van der Waals surface area (Å²) in [5, 5.41) is 0. The molecule has 0 radical (unpaired) electrons. The molecule has 14 heavy (non-hydrogen) atoms. The van der Waals surface area contributed by atoms with E-state index in [1.165, 1.54) is 0 Å². The first-order valence-electron chi connectivity index (χ1n) is 5.07. The molecule has 0 aliphatic heterocycles. The molecule has 0 spiro atoms. The molecule has 0 bridgehead atoms. The van der Waals surface area contributed by atoms with Crippen LogP contribution >= 0.6 is 0 Å². The average Bonchev–Trinajstić information content (AvgIpc) is 2.14. The highest BCUT2D eigenvalue weighted by Crippen LogP contribution is 2.27. The maximum absolute atomic E-state index is 6.05. The Morgan fingerprint density at radius 1 is 1.29 bits per heavy atom.